The summed E-state index contributed by atoms with van der Waals surface area (Å²) in [6.45, 7) is 6.59. The molecule has 27 heavy (non-hydrogen) atoms. The minimum Gasteiger partial charge on any atom is -0.379 e. The maximum Gasteiger partial charge on any atom is 0.236 e. The molecular weight excluding hydrogens is 346 g/mol. The number of carbonyl (C=O) groups excluding carboxylic acids is 1. The molecular formula is C18H25N7O2. The fraction of sp³-hybridized carbons (Fsp3) is 0.667. The predicted molar refractivity (Wildman–Crippen MR) is 98.8 cm³/mol. The smallest absolute Gasteiger partial charge is 0.236 e. The van der Waals surface area contributed by atoms with Crippen molar-refractivity contribution >= 4 is 17.4 Å². The fourth-order valence-electron chi connectivity index (χ4n) is 3.89. The number of fused-ring (bicyclic) bond motifs is 1. The molecule has 0 unspecified atom stereocenters. The zero-order chi connectivity index (χ0) is 18.2. The monoisotopic (exact) mass is 371 g/mol. The molecule has 5 rings (SSSR count). The zero-order valence-electron chi connectivity index (χ0n) is 15.5. The maximum absolute atomic E-state index is 12.6. The van der Waals surface area contributed by atoms with Crippen molar-refractivity contribution in [2.24, 2.45) is 0 Å². The lowest BCUT2D eigenvalue weighted by molar-refractivity contribution is -0.133. The van der Waals surface area contributed by atoms with Gasteiger partial charge < -0.3 is 14.5 Å². The van der Waals surface area contributed by atoms with Crippen molar-refractivity contribution in [1.82, 2.24) is 29.4 Å². The molecule has 1 aliphatic carbocycles. The third-order valence-corrected chi connectivity index (χ3v) is 5.67. The van der Waals surface area contributed by atoms with Crippen LogP contribution in [0, 0.1) is 0 Å². The first-order chi connectivity index (χ1) is 13.3. The van der Waals surface area contributed by atoms with Gasteiger partial charge in [-0.2, -0.15) is 0 Å². The number of amides is 1. The fourth-order valence-corrected chi connectivity index (χ4v) is 3.89. The van der Waals surface area contributed by atoms with Gasteiger partial charge >= 0.3 is 0 Å². The van der Waals surface area contributed by atoms with Gasteiger partial charge in [0.25, 0.3) is 0 Å². The topological polar surface area (TPSA) is 79.1 Å². The second-order valence-electron chi connectivity index (χ2n) is 7.53. The molecule has 1 saturated carbocycles. The Kier molecular flexibility index (Phi) is 4.41. The number of aromatic nitrogens is 4. The van der Waals surface area contributed by atoms with E-state index in [2.05, 4.69) is 29.4 Å². The van der Waals surface area contributed by atoms with E-state index < -0.39 is 0 Å². The Morgan fingerprint density at radius 2 is 1.85 bits per heavy atom. The van der Waals surface area contributed by atoms with Crippen LogP contribution in [-0.4, -0.2) is 94.3 Å². The summed E-state index contributed by atoms with van der Waals surface area (Å²) >= 11 is 0. The van der Waals surface area contributed by atoms with Crippen LogP contribution in [0.4, 0.5) is 5.82 Å². The predicted octanol–water partition coefficient (Wildman–Crippen LogP) is -0.0175. The number of hydrogen-bond acceptors (Lipinski definition) is 7. The highest BCUT2D eigenvalue weighted by molar-refractivity contribution is 5.78. The molecule has 3 aliphatic rings. The normalized spacial score (nSPS) is 21.8. The van der Waals surface area contributed by atoms with Crippen LogP contribution >= 0.6 is 0 Å². The number of ether oxygens (including phenoxy) is 1. The maximum atomic E-state index is 12.6. The standard InChI is InChI=1S/C18H25N7O2/c26-15(13-22-9-11-27-12-10-22)23-5-7-24(8-6-23)17-18-21-20-16(14-1-2-14)25(18)4-3-19-17/h3-4,14H,1-2,5-13H2. The van der Waals surface area contributed by atoms with Crippen LogP contribution in [0.3, 0.4) is 0 Å². The Balaban J connectivity index is 1.24. The molecule has 0 atom stereocenters. The van der Waals surface area contributed by atoms with Crippen molar-refractivity contribution in [2.45, 2.75) is 18.8 Å². The summed E-state index contributed by atoms with van der Waals surface area (Å²) in [4.78, 5) is 23.5. The van der Waals surface area contributed by atoms with Gasteiger partial charge in [-0.1, -0.05) is 0 Å². The van der Waals surface area contributed by atoms with Gasteiger partial charge in [0.05, 0.1) is 19.8 Å². The van der Waals surface area contributed by atoms with E-state index in [4.69, 9.17) is 4.74 Å². The molecule has 2 saturated heterocycles. The molecule has 3 fully saturated rings. The third kappa shape index (κ3) is 3.37. The Labute approximate surface area is 157 Å². The van der Waals surface area contributed by atoms with Crippen LogP contribution < -0.4 is 4.90 Å². The van der Waals surface area contributed by atoms with E-state index in [-0.39, 0.29) is 5.91 Å². The summed E-state index contributed by atoms with van der Waals surface area (Å²) in [5.41, 5.74) is 0.826. The van der Waals surface area contributed by atoms with Gasteiger partial charge in [0, 0.05) is 57.6 Å². The van der Waals surface area contributed by atoms with E-state index in [0.717, 1.165) is 69.8 Å². The molecule has 0 spiro atoms. The molecule has 2 aliphatic heterocycles. The van der Waals surface area contributed by atoms with E-state index in [1.54, 1.807) is 0 Å². The highest BCUT2D eigenvalue weighted by Gasteiger charge is 2.30. The van der Waals surface area contributed by atoms with Gasteiger partial charge in [-0.25, -0.2) is 4.98 Å². The molecule has 0 bridgehead atoms. The molecule has 2 aromatic rings. The lowest BCUT2D eigenvalue weighted by Gasteiger charge is -2.36. The van der Waals surface area contributed by atoms with Crippen LogP contribution in [0.1, 0.15) is 24.6 Å². The Bertz CT molecular complexity index is 820. The average Bonchev–Trinajstić information content (AvgIpc) is 3.47. The number of anilines is 1. The first-order valence-electron chi connectivity index (χ1n) is 9.82. The van der Waals surface area contributed by atoms with Crippen molar-refractivity contribution in [3.63, 3.8) is 0 Å². The van der Waals surface area contributed by atoms with Gasteiger partial charge in [-0.15, -0.1) is 10.2 Å². The number of hydrogen-bond donors (Lipinski definition) is 0. The highest BCUT2D eigenvalue weighted by atomic mass is 16.5. The molecule has 1 amide bonds. The van der Waals surface area contributed by atoms with Crippen LogP contribution in [0.2, 0.25) is 0 Å². The molecule has 0 aromatic carbocycles. The van der Waals surface area contributed by atoms with Crippen LogP contribution in [0.5, 0.6) is 0 Å². The number of carbonyl (C=O) groups is 1. The molecule has 144 valence electrons. The highest BCUT2D eigenvalue weighted by Crippen LogP contribution is 2.39. The quantitative estimate of drug-likeness (QED) is 0.747. The van der Waals surface area contributed by atoms with E-state index in [0.29, 0.717) is 12.5 Å². The average molecular weight is 371 g/mol. The van der Waals surface area contributed by atoms with Crippen LogP contribution in [0.15, 0.2) is 12.4 Å². The summed E-state index contributed by atoms with van der Waals surface area (Å²) in [6, 6.07) is 0. The molecule has 2 aromatic heterocycles. The van der Waals surface area contributed by atoms with Crippen molar-refractivity contribution in [3.8, 4) is 0 Å². The number of morpholine rings is 1. The van der Waals surface area contributed by atoms with E-state index >= 15 is 0 Å². The summed E-state index contributed by atoms with van der Waals surface area (Å²) < 4.78 is 7.43. The first kappa shape index (κ1) is 16.9. The largest absolute Gasteiger partial charge is 0.379 e. The SMILES string of the molecule is O=C(CN1CCOCC1)N1CCN(c2nccn3c(C4CC4)nnc23)CC1. The molecule has 0 radical (unpaired) electrons. The first-order valence-corrected chi connectivity index (χ1v) is 9.82. The number of rotatable bonds is 4. The third-order valence-electron chi connectivity index (χ3n) is 5.67. The molecule has 9 nitrogen and oxygen atoms in total. The molecule has 4 heterocycles. The van der Waals surface area contributed by atoms with Gasteiger partial charge in [0.2, 0.25) is 11.6 Å². The minimum absolute atomic E-state index is 0.209. The van der Waals surface area contributed by atoms with Crippen molar-refractivity contribution in [1.29, 1.82) is 0 Å². The molecule has 9 heteroatoms. The van der Waals surface area contributed by atoms with E-state index in [1.165, 1.54) is 12.8 Å². The number of nitrogens with zero attached hydrogens (tertiary/aromatic N) is 7. The Morgan fingerprint density at radius 3 is 2.59 bits per heavy atom. The second-order valence-corrected chi connectivity index (χ2v) is 7.53. The second kappa shape index (κ2) is 7.05. The van der Waals surface area contributed by atoms with Gasteiger partial charge in [0.1, 0.15) is 5.82 Å². The van der Waals surface area contributed by atoms with Crippen LogP contribution in [-0.2, 0) is 9.53 Å². The summed E-state index contributed by atoms with van der Waals surface area (Å²) in [6.07, 6.45) is 6.17. The Morgan fingerprint density at radius 1 is 1.07 bits per heavy atom. The van der Waals surface area contributed by atoms with E-state index in [1.807, 2.05) is 17.3 Å². The minimum atomic E-state index is 0.209. The summed E-state index contributed by atoms with van der Waals surface area (Å²) in [7, 11) is 0. The lowest BCUT2D eigenvalue weighted by atomic mass is 10.3. The van der Waals surface area contributed by atoms with Gasteiger partial charge in [-0.05, 0) is 12.8 Å². The van der Waals surface area contributed by atoms with Crippen molar-refractivity contribution < 1.29 is 9.53 Å². The van der Waals surface area contributed by atoms with Crippen molar-refractivity contribution in [3.05, 3.63) is 18.2 Å². The number of piperazine rings is 1. The van der Waals surface area contributed by atoms with Crippen LogP contribution in [0.25, 0.3) is 5.65 Å². The summed E-state index contributed by atoms with van der Waals surface area (Å²) in [5.74, 6) is 2.68. The van der Waals surface area contributed by atoms with Gasteiger partial charge in [0.15, 0.2) is 5.82 Å². The van der Waals surface area contributed by atoms with Crippen molar-refractivity contribution in [2.75, 3.05) is 63.9 Å². The molecule has 0 N–H and O–H groups in total. The van der Waals surface area contributed by atoms with E-state index in [9.17, 15) is 4.79 Å². The lowest BCUT2D eigenvalue weighted by Crippen LogP contribution is -2.52. The Hall–Kier alpha value is -2.26. The summed E-state index contributed by atoms with van der Waals surface area (Å²) in [5, 5.41) is 8.78. The van der Waals surface area contributed by atoms with Gasteiger partial charge in [-0.3, -0.25) is 14.1 Å². The zero-order valence-corrected chi connectivity index (χ0v) is 15.5.